The molecule has 0 aliphatic heterocycles. The van der Waals surface area contributed by atoms with Gasteiger partial charge in [0, 0.05) is 18.8 Å². The van der Waals surface area contributed by atoms with Gasteiger partial charge in [0.1, 0.15) is 0 Å². The van der Waals surface area contributed by atoms with Crippen molar-refractivity contribution in [3.8, 4) is 5.88 Å². The van der Waals surface area contributed by atoms with Crippen molar-refractivity contribution >= 4 is 11.6 Å². The number of rotatable bonds is 4. The van der Waals surface area contributed by atoms with Crippen molar-refractivity contribution < 1.29 is 4.74 Å². The Hall–Kier alpha value is -0.800. The van der Waals surface area contributed by atoms with Crippen molar-refractivity contribution in [3.63, 3.8) is 0 Å². The van der Waals surface area contributed by atoms with E-state index in [4.69, 9.17) is 22.1 Å². The highest BCUT2D eigenvalue weighted by Crippen LogP contribution is 2.26. The Morgan fingerprint density at radius 1 is 1.44 bits per heavy atom. The molecule has 0 saturated heterocycles. The van der Waals surface area contributed by atoms with Crippen molar-refractivity contribution in [3.05, 3.63) is 22.8 Å². The van der Waals surface area contributed by atoms with Crippen LogP contribution in [0.2, 0.25) is 5.02 Å². The normalized spacial score (nSPS) is 16.6. The first-order valence-corrected chi connectivity index (χ1v) is 6.14. The minimum Gasteiger partial charge on any atom is -0.477 e. The molecule has 2 rings (SSSR count). The second-order valence-corrected chi connectivity index (χ2v) is 4.69. The minimum absolute atomic E-state index is 0.418. The van der Waals surface area contributed by atoms with Crippen molar-refractivity contribution in [2.75, 3.05) is 6.61 Å². The van der Waals surface area contributed by atoms with Crippen LogP contribution in [0.5, 0.6) is 5.88 Å². The molecule has 88 valence electrons. The highest BCUT2D eigenvalue weighted by molar-refractivity contribution is 6.31. The zero-order valence-electron chi connectivity index (χ0n) is 9.29. The molecular formula is C12H17ClN2O. The van der Waals surface area contributed by atoms with E-state index in [1.54, 1.807) is 6.20 Å². The summed E-state index contributed by atoms with van der Waals surface area (Å²) in [6, 6.07) is 1.83. The fraction of sp³-hybridized carbons (Fsp3) is 0.583. The Balaban J connectivity index is 1.93. The van der Waals surface area contributed by atoms with E-state index in [0.717, 1.165) is 12.2 Å². The molecule has 0 bridgehead atoms. The van der Waals surface area contributed by atoms with Crippen molar-refractivity contribution in [2.45, 2.75) is 32.2 Å². The Morgan fingerprint density at radius 2 is 2.19 bits per heavy atom. The van der Waals surface area contributed by atoms with Crippen molar-refractivity contribution in [1.29, 1.82) is 0 Å². The van der Waals surface area contributed by atoms with Gasteiger partial charge < -0.3 is 10.5 Å². The van der Waals surface area contributed by atoms with Gasteiger partial charge in [0.05, 0.1) is 11.6 Å². The lowest BCUT2D eigenvalue weighted by Crippen LogP contribution is -2.09. The van der Waals surface area contributed by atoms with Crippen molar-refractivity contribution in [1.82, 2.24) is 4.98 Å². The van der Waals surface area contributed by atoms with Crippen LogP contribution in [-0.4, -0.2) is 11.6 Å². The van der Waals surface area contributed by atoms with Gasteiger partial charge in [-0.05, 0) is 24.3 Å². The molecule has 4 heteroatoms. The third kappa shape index (κ3) is 2.86. The summed E-state index contributed by atoms with van der Waals surface area (Å²) >= 11 is 5.93. The van der Waals surface area contributed by atoms with Gasteiger partial charge in [-0.2, -0.15) is 0 Å². The Morgan fingerprint density at radius 3 is 2.88 bits per heavy atom. The van der Waals surface area contributed by atoms with Gasteiger partial charge in [0.25, 0.3) is 0 Å². The van der Waals surface area contributed by atoms with Crippen LogP contribution in [0.15, 0.2) is 12.3 Å². The Labute approximate surface area is 101 Å². The van der Waals surface area contributed by atoms with Crippen LogP contribution in [0.25, 0.3) is 0 Å². The van der Waals surface area contributed by atoms with Crippen LogP contribution >= 0.6 is 11.6 Å². The molecule has 16 heavy (non-hydrogen) atoms. The van der Waals surface area contributed by atoms with E-state index in [1.165, 1.54) is 25.7 Å². The molecule has 1 saturated carbocycles. The number of ether oxygens (including phenoxy) is 1. The first-order chi connectivity index (χ1) is 7.79. The molecule has 1 heterocycles. The van der Waals surface area contributed by atoms with E-state index in [0.29, 0.717) is 23.4 Å². The highest BCUT2D eigenvalue weighted by atomic mass is 35.5. The summed E-state index contributed by atoms with van der Waals surface area (Å²) in [5.74, 6) is 1.33. The molecule has 0 aromatic carbocycles. The predicted octanol–water partition coefficient (Wildman–Crippen LogP) is 2.76. The number of nitrogens with two attached hydrogens (primary N) is 1. The number of hydrogen-bond donors (Lipinski definition) is 1. The summed E-state index contributed by atoms with van der Waals surface area (Å²) in [5, 5.41) is 0.607. The molecular weight excluding hydrogens is 224 g/mol. The maximum Gasteiger partial charge on any atom is 0.213 e. The predicted molar refractivity (Wildman–Crippen MR) is 64.6 cm³/mol. The summed E-state index contributed by atoms with van der Waals surface area (Å²) in [6.07, 6.45) is 6.81. The molecule has 0 amide bonds. The Kier molecular flexibility index (Phi) is 4.02. The standard InChI is InChI=1S/C12H17ClN2O/c13-11-7-15-12(5-10(11)6-14)16-8-9-3-1-2-4-9/h5,7,9H,1-4,6,8,14H2. The number of halogens is 1. The zero-order valence-corrected chi connectivity index (χ0v) is 10.0. The summed E-state index contributed by atoms with van der Waals surface area (Å²) in [7, 11) is 0. The number of hydrogen-bond acceptors (Lipinski definition) is 3. The first-order valence-electron chi connectivity index (χ1n) is 5.77. The molecule has 1 aromatic rings. The summed E-state index contributed by atoms with van der Waals surface area (Å²) in [4.78, 5) is 4.14. The molecule has 1 aliphatic rings. The fourth-order valence-electron chi connectivity index (χ4n) is 2.07. The summed E-state index contributed by atoms with van der Waals surface area (Å²) in [6.45, 7) is 1.18. The Bertz CT molecular complexity index is 351. The average molecular weight is 241 g/mol. The zero-order chi connectivity index (χ0) is 11.4. The summed E-state index contributed by atoms with van der Waals surface area (Å²) < 4.78 is 5.66. The SMILES string of the molecule is NCc1cc(OCC2CCCC2)ncc1Cl. The molecule has 0 radical (unpaired) electrons. The third-order valence-corrected chi connectivity index (χ3v) is 3.41. The van der Waals surface area contributed by atoms with Gasteiger partial charge in [-0.25, -0.2) is 4.98 Å². The average Bonchev–Trinajstić information content (AvgIpc) is 2.81. The monoisotopic (exact) mass is 240 g/mol. The van der Waals surface area contributed by atoms with Crippen LogP contribution < -0.4 is 10.5 Å². The maximum absolute atomic E-state index is 5.93. The molecule has 0 atom stereocenters. The van der Waals surface area contributed by atoms with Gasteiger partial charge in [-0.3, -0.25) is 0 Å². The number of aromatic nitrogens is 1. The largest absolute Gasteiger partial charge is 0.477 e. The quantitative estimate of drug-likeness (QED) is 0.881. The molecule has 0 spiro atoms. The van der Waals surface area contributed by atoms with E-state index in [9.17, 15) is 0 Å². The van der Waals surface area contributed by atoms with Gasteiger partial charge in [-0.15, -0.1) is 0 Å². The maximum atomic E-state index is 5.93. The fourth-order valence-corrected chi connectivity index (χ4v) is 2.25. The van der Waals surface area contributed by atoms with Crippen LogP contribution in [-0.2, 0) is 6.54 Å². The molecule has 3 nitrogen and oxygen atoms in total. The lowest BCUT2D eigenvalue weighted by molar-refractivity contribution is 0.243. The van der Waals surface area contributed by atoms with Crippen LogP contribution in [0, 0.1) is 5.92 Å². The van der Waals surface area contributed by atoms with Gasteiger partial charge >= 0.3 is 0 Å². The lowest BCUT2D eigenvalue weighted by atomic mass is 10.1. The minimum atomic E-state index is 0.418. The topological polar surface area (TPSA) is 48.1 Å². The van der Waals surface area contributed by atoms with E-state index < -0.39 is 0 Å². The van der Waals surface area contributed by atoms with Gasteiger partial charge in [0.2, 0.25) is 5.88 Å². The van der Waals surface area contributed by atoms with Gasteiger partial charge in [0.15, 0.2) is 0 Å². The first kappa shape index (κ1) is 11.7. The van der Waals surface area contributed by atoms with E-state index in [1.807, 2.05) is 6.07 Å². The highest BCUT2D eigenvalue weighted by Gasteiger charge is 2.15. The molecule has 0 unspecified atom stereocenters. The number of pyridine rings is 1. The molecule has 1 aliphatic carbocycles. The summed E-state index contributed by atoms with van der Waals surface area (Å²) in [5.41, 5.74) is 6.46. The van der Waals surface area contributed by atoms with Crippen LogP contribution in [0.4, 0.5) is 0 Å². The smallest absolute Gasteiger partial charge is 0.213 e. The van der Waals surface area contributed by atoms with Crippen molar-refractivity contribution in [2.24, 2.45) is 11.7 Å². The van der Waals surface area contributed by atoms with E-state index in [-0.39, 0.29) is 0 Å². The second kappa shape index (κ2) is 5.51. The number of nitrogens with zero attached hydrogens (tertiary/aromatic N) is 1. The second-order valence-electron chi connectivity index (χ2n) is 4.28. The van der Waals surface area contributed by atoms with E-state index >= 15 is 0 Å². The molecule has 1 fully saturated rings. The van der Waals surface area contributed by atoms with Crippen LogP contribution in [0.3, 0.4) is 0 Å². The molecule has 1 aromatic heterocycles. The molecule has 2 N–H and O–H groups in total. The van der Waals surface area contributed by atoms with Gasteiger partial charge in [-0.1, -0.05) is 24.4 Å². The van der Waals surface area contributed by atoms with Crippen LogP contribution in [0.1, 0.15) is 31.2 Å². The third-order valence-electron chi connectivity index (χ3n) is 3.07. The lowest BCUT2D eigenvalue weighted by Gasteiger charge is -2.11. The van der Waals surface area contributed by atoms with E-state index in [2.05, 4.69) is 4.98 Å².